The summed E-state index contributed by atoms with van der Waals surface area (Å²) in [5.74, 6) is -0.144. The van der Waals surface area contributed by atoms with Gasteiger partial charge in [-0.1, -0.05) is 78.9 Å². The standard InChI is InChI=1S/C29H22O2P.BrH/c30-28-20-22(29(31)27-19-11-10-18-26(27)28)21-32(23-12-4-1-5-13-23,24-14-6-2-7-15-24)25-16-8-3-9-17-25;/h1-20H,21H2;1H/q+1;/p-1. The second kappa shape index (κ2) is 9.79. The number of rotatable bonds is 5. The zero-order chi connectivity index (χ0) is 22.0. The summed E-state index contributed by atoms with van der Waals surface area (Å²) in [5, 5.41) is 3.58. The van der Waals surface area contributed by atoms with E-state index >= 15 is 0 Å². The van der Waals surface area contributed by atoms with E-state index < -0.39 is 7.26 Å². The fourth-order valence-corrected chi connectivity index (χ4v) is 8.74. The van der Waals surface area contributed by atoms with Crippen molar-refractivity contribution in [3.05, 3.63) is 138 Å². The fourth-order valence-electron chi connectivity index (χ4n) is 4.51. The van der Waals surface area contributed by atoms with Crippen LogP contribution in [0.1, 0.15) is 20.7 Å². The quantitative estimate of drug-likeness (QED) is 0.383. The van der Waals surface area contributed by atoms with Crippen LogP contribution < -0.4 is 32.9 Å². The number of hydrogen-bond donors (Lipinski definition) is 0. The first-order chi connectivity index (χ1) is 15.7. The highest BCUT2D eigenvalue weighted by molar-refractivity contribution is 7.95. The van der Waals surface area contributed by atoms with Crippen LogP contribution in [0.25, 0.3) is 0 Å². The smallest absolute Gasteiger partial charge is 0.193 e. The topological polar surface area (TPSA) is 34.1 Å². The molecule has 0 saturated heterocycles. The van der Waals surface area contributed by atoms with Crippen molar-refractivity contribution in [2.45, 2.75) is 0 Å². The number of allylic oxidation sites excluding steroid dienone is 2. The number of ketones is 2. The molecule has 4 heteroatoms. The van der Waals surface area contributed by atoms with E-state index in [2.05, 4.69) is 36.4 Å². The molecule has 0 aromatic heterocycles. The van der Waals surface area contributed by atoms with Gasteiger partial charge in [-0.05, 0) is 42.5 Å². The van der Waals surface area contributed by atoms with Gasteiger partial charge >= 0.3 is 0 Å². The molecule has 1 aliphatic carbocycles. The molecule has 33 heavy (non-hydrogen) atoms. The summed E-state index contributed by atoms with van der Waals surface area (Å²) in [5.41, 5.74) is 1.57. The summed E-state index contributed by atoms with van der Waals surface area (Å²) in [4.78, 5) is 26.5. The Morgan fingerprint density at radius 1 is 0.515 bits per heavy atom. The highest BCUT2D eigenvalue weighted by Gasteiger charge is 2.47. The van der Waals surface area contributed by atoms with Crippen molar-refractivity contribution in [3.63, 3.8) is 0 Å². The van der Waals surface area contributed by atoms with Gasteiger partial charge in [0.2, 0.25) is 0 Å². The van der Waals surface area contributed by atoms with Crippen molar-refractivity contribution in [3.8, 4) is 0 Å². The van der Waals surface area contributed by atoms with Crippen LogP contribution in [-0.4, -0.2) is 17.7 Å². The molecule has 0 bridgehead atoms. The largest absolute Gasteiger partial charge is 1.00 e. The van der Waals surface area contributed by atoms with Gasteiger partial charge in [0.05, 0.1) is 0 Å². The van der Waals surface area contributed by atoms with E-state index in [0.29, 0.717) is 22.9 Å². The van der Waals surface area contributed by atoms with Crippen molar-refractivity contribution < 1.29 is 26.6 Å². The predicted molar refractivity (Wildman–Crippen MR) is 133 cm³/mol. The zero-order valence-electron chi connectivity index (χ0n) is 17.9. The van der Waals surface area contributed by atoms with E-state index in [0.717, 1.165) is 0 Å². The number of carbonyl (C=O) groups is 2. The third-order valence-corrected chi connectivity index (χ3v) is 10.4. The van der Waals surface area contributed by atoms with Gasteiger partial charge in [0.15, 0.2) is 11.6 Å². The molecule has 0 atom stereocenters. The minimum absolute atomic E-state index is 0. The summed E-state index contributed by atoms with van der Waals surface area (Å²) < 4.78 is 0. The van der Waals surface area contributed by atoms with Crippen molar-refractivity contribution in [2.24, 2.45) is 0 Å². The first-order valence-electron chi connectivity index (χ1n) is 10.6. The zero-order valence-corrected chi connectivity index (χ0v) is 20.4. The van der Waals surface area contributed by atoms with E-state index in [9.17, 15) is 9.59 Å². The first-order valence-corrected chi connectivity index (χ1v) is 12.6. The number of hydrogen-bond acceptors (Lipinski definition) is 2. The minimum Gasteiger partial charge on any atom is -1.00 e. The van der Waals surface area contributed by atoms with Crippen molar-refractivity contribution >= 4 is 34.7 Å². The van der Waals surface area contributed by atoms with Gasteiger partial charge in [-0.25, -0.2) is 0 Å². The minimum atomic E-state index is -2.24. The van der Waals surface area contributed by atoms with Gasteiger partial charge in [-0.3, -0.25) is 9.59 Å². The Kier molecular flexibility index (Phi) is 6.83. The first kappa shape index (κ1) is 23.0. The SMILES string of the molecule is O=C1C=C(C[P+](c2ccccc2)(c2ccccc2)c2ccccc2)C(=O)c2ccccc21.[Br-]. The summed E-state index contributed by atoms with van der Waals surface area (Å²) in [6.45, 7) is 0. The van der Waals surface area contributed by atoms with Crippen LogP contribution in [0.5, 0.6) is 0 Å². The maximum atomic E-state index is 13.5. The summed E-state index contributed by atoms with van der Waals surface area (Å²) in [6, 6.07) is 38.4. The third kappa shape index (κ3) is 4.15. The maximum absolute atomic E-state index is 13.5. The Bertz CT molecular complexity index is 1220. The van der Waals surface area contributed by atoms with Gasteiger partial charge in [0, 0.05) is 16.7 Å². The van der Waals surface area contributed by atoms with Crippen LogP contribution in [0, 0.1) is 0 Å². The molecule has 4 aromatic carbocycles. The van der Waals surface area contributed by atoms with Crippen LogP contribution in [0.4, 0.5) is 0 Å². The van der Waals surface area contributed by atoms with Gasteiger partial charge < -0.3 is 17.0 Å². The van der Waals surface area contributed by atoms with Crippen LogP contribution in [0.15, 0.2) is 127 Å². The number of benzene rings is 4. The monoisotopic (exact) mass is 512 g/mol. The van der Waals surface area contributed by atoms with Crippen molar-refractivity contribution in [1.82, 2.24) is 0 Å². The predicted octanol–water partition coefficient (Wildman–Crippen LogP) is 1.99. The molecule has 2 nitrogen and oxygen atoms in total. The molecule has 0 aliphatic heterocycles. The summed E-state index contributed by atoms with van der Waals surface area (Å²) >= 11 is 0. The molecule has 0 unspecified atom stereocenters. The number of fused-ring (bicyclic) bond motifs is 1. The Balaban J connectivity index is 0.00000259. The fraction of sp³-hybridized carbons (Fsp3) is 0.0345. The molecule has 0 amide bonds. The molecule has 1 aliphatic rings. The molecular formula is C29H22BrO2P. The number of halogens is 1. The summed E-state index contributed by atoms with van der Waals surface area (Å²) in [7, 11) is -2.24. The van der Waals surface area contributed by atoms with Gasteiger partial charge in [-0.2, -0.15) is 0 Å². The van der Waals surface area contributed by atoms with E-state index in [1.165, 1.54) is 15.9 Å². The number of carbonyl (C=O) groups excluding carboxylic acids is 2. The van der Waals surface area contributed by atoms with Crippen molar-refractivity contribution in [1.29, 1.82) is 0 Å². The molecule has 0 heterocycles. The average molecular weight is 513 g/mol. The molecular weight excluding hydrogens is 491 g/mol. The lowest BCUT2D eigenvalue weighted by Gasteiger charge is -2.29. The molecule has 0 saturated carbocycles. The van der Waals surface area contributed by atoms with E-state index in [-0.39, 0.29) is 28.5 Å². The summed E-state index contributed by atoms with van der Waals surface area (Å²) in [6.07, 6.45) is 2.07. The van der Waals surface area contributed by atoms with Crippen LogP contribution >= 0.6 is 7.26 Å². The molecule has 5 rings (SSSR count). The van der Waals surface area contributed by atoms with Gasteiger partial charge in [-0.15, -0.1) is 0 Å². The van der Waals surface area contributed by atoms with Crippen LogP contribution in [0.3, 0.4) is 0 Å². The van der Waals surface area contributed by atoms with E-state index in [4.69, 9.17) is 0 Å². The van der Waals surface area contributed by atoms with E-state index in [1.54, 1.807) is 24.3 Å². The lowest BCUT2D eigenvalue weighted by Crippen LogP contribution is -3.00. The Morgan fingerprint density at radius 3 is 1.36 bits per heavy atom. The normalized spacial score (nSPS) is 13.0. The highest BCUT2D eigenvalue weighted by atomic mass is 79.9. The highest BCUT2D eigenvalue weighted by Crippen LogP contribution is 2.57. The molecule has 162 valence electrons. The van der Waals surface area contributed by atoms with Gasteiger partial charge in [0.1, 0.15) is 29.3 Å². The van der Waals surface area contributed by atoms with E-state index in [1.807, 2.05) is 60.7 Å². The molecule has 0 fully saturated rings. The molecule has 0 radical (unpaired) electrons. The Labute approximate surface area is 205 Å². The molecule has 0 N–H and O–H groups in total. The van der Waals surface area contributed by atoms with Crippen LogP contribution in [-0.2, 0) is 0 Å². The van der Waals surface area contributed by atoms with Gasteiger partial charge in [0.25, 0.3) is 0 Å². The second-order valence-corrected chi connectivity index (χ2v) is 11.4. The lowest BCUT2D eigenvalue weighted by atomic mass is 9.90. The third-order valence-electron chi connectivity index (χ3n) is 6.03. The lowest BCUT2D eigenvalue weighted by molar-refractivity contribution is -0.0000201. The second-order valence-electron chi connectivity index (χ2n) is 7.88. The Hall–Kier alpha value is -3.13. The maximum Gasteiger partial charge on any atom is 0.193 e. The van der Waals surface area contributed by atoms with Crippen LogP contribution in [0.2, 0.25) is 0 Å². The Morgan fingerprint density at radius 2 is 0.909 bits per heavy atom. The van der Waals surface area contributed by atoms with Crippen molar-refractivity contribution in [2.75, 3.05) is 6.16 Å². The molecule has 0 spiro atoms. The molecule has 4 aromatic rings. The number of Topliss-reactive ketones (excluding diaryl/α,β-unsaturated/α-hetero) is 1. The average Bonchev–Trinajstić information content (AvgIpc) is 2.87.